The van der Waals surface area contributed by atoms with Gasteiger partial charge >= 0.3 is 0 Å². The maximum absolute atomic E-state index is 6.06. The lowest BCUT2D eigenvalue weighted by Gasteiger charge is -2.21. The summed E-state index contributed by atoms with van der Waals surface area (Å²) in [5.41, 5.74) is 3.28. The Labute approximate surface area is 144 Å². The molecule has 0 aromatic heterocycles. The summed E-state index contributed by atoms with van der Waals surface area (Å²) in [7, 11) is -0.952. The quantitative estimate of drug-likeness (QED) is 0.738. The predicted molar refractivity (Wildman–Crippen MR) is 96.5 cm³/mol. The van der Waals surface area contributed by atoms with E-state index in [0.29, 0.717) is 5.66 Å². The molecule has 2 aromatic rings. The Morgan fingerprint density at radius 3 is 1.86 bits per heavy atom. The van der Waals surface area contributed by atoms with Crippen molar-refractivity contribution in [1.82, 2.24) is 0 Å². The van der Waals surface area contributed by atoms with E-state index in [4.69, 9.17) is 11.6 Å². The highest BCUT2D eigenvalue weighted by molar-refractivity contribution is 7.74. The first kappa shape index (κ1) is 17.0. The van der Waals surface area contributed by atoms with Crippen LogP contribution in [0.25, 0.3) is 0 Å². The molecular weight excluding hydrogens is 330 g/mol. The van der Waals surface area contributed by atoms with Crippen LogP contribution in [0.3, 0.4) is 0 Å². The Hall–Kier alpha value is -1.33. The van der Waals surface area contributed by atoms with E-state index in [9.17, 15) is 0 Å². The molecule has 22 heavy (non-hydrogen) atoms. The van der Waals surface area contributed by atoms with E-state index in [1.54, 1.807) is 5.54 Å². The summed E-state index contributed by atoms with van der Waals surface area (Å²) in [6.07, 6.45) is 8.59. The van der Waals surface area contributed by atoms with Gasteiger partial charge in [-0.3, -0.25) is 0 Å². The van der Waals surface area contributed by atoms with E-state index in [0.717, 1.165) is 0 Å². The molecule has 0 amide bonds. The summed E-state index contributed by atoms with van der Waals surface area (Å²) >= 11 is 6.06. The second-order valence-electron chi connectivity index (χ2n) is 4.98. The molecule has 0 aliphatic heterocycles. The zero-order valence-electron chi connectivity index (χ0n) is 12.0. The SMILES string of the molecule is ClC=C1C=CC=CC1[PH+](c1ccccc1)c1ccccc1.[Cl-]. The molecule has 0 saturated carbocycles. The smallest absolute Gasteiger partial charge is 0.121 e. The second kappa shape index (κ2) is 8.34. The average molecular weight is 347 g/mol. The Morgan fingerprint density at radius 1 is 0.818 bits per heavy atom. The highest BCUT2D eigenvalue weighted by atomic mass is 35.5. The van der Waals surface area contributed by atoms with Crippen LogP contribution in [0.15, 0.2) is 96.1 Å². The third-order valence-corrected chi connectivity index (χ3v) is 6.98. The van der Waals surface area contributed by atoms with Gasteiger partial charge in [0, 0.05) is 11.1 Å². The van der Waals surface area contributed by atoms with Gasteiger partial charge in [-0.2, -0.15) is 0 Å². The zero-order chi connectivity index (χ0) is 14.5. The van der Waals surface area contributed by atoms with Crippen LogP contribution in [0.5, 0.6) is 0 Å². The van der Waals surface area contributed by atoms with Gasteiger partial charge in [0.05, 0.1) is 18.5 Å². The lowest BCUT2D eigenvalue weighted by atomic mass is 10.1. The first-order chi connectivity index (χ1) is 10.4. The van der Waals surface area contributed by atoms with Crippen molar-refractivity contribution in [3.8, 4) is 0 Å². The molecule has 1 aliphatic carbocycles. The van der Waals surface area contributed by atoms with Crippen molar-refractivity contribution in [2.75, 3.05) is 0 Å². The third-order valence-electron chi connectivity index (χ3n) is 3.67. The van der Waals surface area contributed by atoms with Crippen molar-refractivity contribution in [3.05, 3.63) is 96.1 Å². The maximum atomic E-state index is 6.06. The first-order valence-electron chi connectivity index (χ1n) is 7.03. The van der Waals surface area contributed by atoms with Crippen molar-refractivity contribution >= 4 is 30.1 Å². The molecule has 0 saturated heterocycles. The lowest BCUT2D eigenvalue weighted by Crippen LogP contribution is -3.00. The van der Waals surface area contributed by atoms with Crippen LogP contribution in [0.4, 0.5) is 0 Å². The molecule has 0 radical (unpaired) electrons. The Kier molecular flexibility index (Phi) is 6.46. The summed E-state index contributed by atoms with van der Waals surface area (Å²) in [6, 6.07) is 21.6. The molecule has 0 nitrogen and oxygen atoms in total. The standard InChI is InChI=1S/C19H16ClP.ClH/c20-15-16-9-7-8-14-19(16)21(17-10-3-1-4-11-17)18-12-5-2-6-13-18;/h1-15,19H;1H. The summed E-state index contributed by atoms with van der Waals surface area (Å²) in [5.74, 6) is 0. The van der Waals surface area contributed by atoms with Crippen molar-refractivity contribution < 1.29 is 12.4 Å². The molecule has 0 N–H and O–H groups in total. The third kappa shape index (κ3) is 3.70. The Balaban J connectivity index is 0.00000176. The van der Waals surface area contributed by atoms with Crippen molar-refractivity contribution in [2.45, 2.75) is 5.66 Å². The van der Waals surface area contributed by atoms with E-state index in [2.05, 4.69) is 85.0 Å². The summed E-state index contributed by atoms with van der Waals surface area (Å²) in [6.45, 7) is 0. The molecule has 112 valence electrons. The van der Waals surface area contributed by atoms with E-state index in [1.807, 2.05) is 0 Å². The number of benzene rings is 2. The fourth-order valence-corrected chi connectivity index (χ4v) is 5.97. The van der Waals surface area contributed by atoms with E-state index in [1.165, 1.54) is 16.2 Å². The van der Waals surface area contributed by atoms with E-state index < -0.39 is 7.92 Å². The maximum Gasteiger partial charge on any atom is 0.121 e. The van der Waals surface area contributed by atoms with Crippen LogP contribution in [0, 0.1) is 0 Å². The molecule has 1 atom stereocenters. The largest absolute Gasteiger partial charge is 1.00 e. The minimum atomic E-state index is -0.952. The van der Waals surface area contributed by atoms with Gasteiger partial charge in [0.1, 0.15) is 5.66 Å². The molecule has 3 rings (SSSR count). The highest BCUT2D eigenvalue weighted by Gasteiger charge is 2.33. The highest BCUT2D eigenvalue weighted by Crippen LogP contribution is 2.45. The average Bonchev–Trinajstić information content (AvgIpc) is 2.58. The molecule has 0 fully saturated rings. The Morgan fingerprint density at radius 2 is 1.36 bits per heavy atom. The number of hydrogen-bond acceptors (Lipinski definition) is 0. The first-order valence-corrected chi connectivity index (χ1v) is 9.04. The van der Waals surface area contributed by atoms with Crippen molar-refractivity contribution in [3.63, 3.8) is 0 Å². The summed E-state index contributed by atoms with van der Waals surface area (Å²) in [4.78, 5) is 0. The second-order valence-corrected chi connectivity index (χ2v) is 7.80. The van der Waals surface area contributed by atoms with Gasteiger partial charge < -0.3 is 12.4 Å². The molecule has 1 unspecified atom stereocenters. The minimum absolute atomic E-state index is 0. The number of halogens is 2. The topological polar surface area (TPSA) is 0 Å². The van der Waals surface area contributed by atoms with Gasteiger partial charge in [0.15, 0.2) is 0 Å². The lowest BCUT2D eigenvalue weighted by molar-refractivity contribution is -0.00000388. The van der Waals surface area contributed by atoms with Crippen LogP contribution < -0.4 is 23.0 Å². The van der Waals surface area contributed by atoms with Gasteiger partial charge in [-0.05, 0) is 30.3 Å². The number of allylic oxidation sites excluding steroid dienone is 5. The monoisotopic (exact) mass is 346 g/mol. The Bertz CT molecular complexity index is 636. The van der Waals surface area contributed by atoms with Crippen LogP contribution in [0.1, 0.15) is 0 Å². The van der Waals surface area contributed by atoms with Gasteiger partial charge in [-0.25, -0.2) is 0 Å². The number of rotatable bonds is 3. The molecule has 2 aromatic carbocycles. The fourth-order valence-electron chi connectivity index (χ4n) is 2.69. The number of hydrogen-bond donors (Lipinski definition) is 0. The predicted octanol–water partition coefficient (Wildman–Crippen LogP) is 1.47. The van der Waals surface area contributed by atoms with Gasteiger partial charge in [-0.1, -0.05) is 66.2 Å². The normalized spacial score (nSPS) is 18.5. The molecule has 0 heterocycles. The van der Waals surface area contributed by atoms with Crippen LogP contribution in [-0.2, 0) is 0 Å². The van der Waals surface area contributed by atoms with Gasteiger partial charge in [0.2, 0.25) is 0 Å². The fraction of sp³-hybridized carbons (Fsp3) is 0.0526. The van der Waals surface area contributed by atoms with Crippen molar-refractivity contribution in [2.24, 2.45) is 0 Å². The molecule has 3 heteroatoms. The van der Waals surface area contributed by atoms with Crippen LogP contribution in [0.2, 0.25) is 0 Å². The summed E-state index contributed by atoms with van der Waals surface area (Å²) < 4.78 is 0. The molecule has 1 aliphatic rings. The molecular formula is C19H17Cl2P. The van der Waals surface area contributed by atoms with Crippen LogP contribution >= 0.6 is 19.5 Å². The molecule has 0 bridgehead atoms. The van der Waals surface area contributed by atoms with Gasteiger partial charge in [0.25, 0.3) is 0 Å². The summed E-state index contributed by atoms with van der Waals surface area (Å²) in [5, 5.41) is 2.82. The van der Waals surface area contributed by atoms with Crippen molar-refractivity contribution in [1.29, 1.82) is 0 Å². The zero-order valence-corrected chi connectivity index (χ0v) is 14.5. The van der Waals surface area contributed by atoms with E-state index >= 15 is 0 Å². The molecule has 0 spiro atoms. The van der Waals surface area contributed by atoms with Crippen LogP contribution in [-0.4, -0.2) is 5.66 Å². The van der Waals surface area contributed by atoms with E-state index in [-0.39, 0.29) is 12.4 Å². The minimum Gasteiger partial charge on any atom is -1.00 e. The van der Waals surface area contributed by atoms with Gasteiger partial charge in [-0.15, -0.1) is 0 Å².